The van der Waals surface area contributed by atoms with Gasteiger partial charge in [0.15, 0.2) is 0 Å². The van der Waals surface area contributed by atoms with Crippen LogP contribution in [0.3, 0.4) is 0 Å². The molecule has 1 aliphatic carbocycles. The summed E-state index contributed by atoms with van der Waals surface area (Å²) >= 11 is 1.38. The third kappa shape index (κ3) is 2.74. The number of nitrogens with zero attached hydrogens (tertiary/aromatic N) is 2. The molecule has 2 bridgehead atoms. The lowest BCUT2D eigenvalue weighted by molar-refractivity contribution is 0.0925. The predicted octanol–water partition coefficient (Wildman–Crippen LogP) is 1.70. The van der Waals surface area contributed by atoms with Crippen LogP contribution in [0.15, 0.2) is 45.2 Å². The average Bonchev–Trinajstić information content (AvgIpc) is 3.25. The van der Waals surface area contributed by atoms with Gasteiger partial charge in [0.1, 0.15) is 0 Å². The monoisotopic (exact) mass is 316 g/mol. The van der Waals surface area contributed by atoms with E-state index in [1.165, 1.54) is 24.6 Å². The molecule has 2 aromatic rings. The van der Waals surface area contributed by atoms with Crippen LogP contribution in [0.4, 0.5) is 0 Å². The molecule has 2 aliphatic rings. The van der Waals surface area contributed by atoms with Gasteiger partial charge in [0.05, 0.1) is 0 Å². The second-order valence-corrected chi connectivity index (χ2v) is 6.77. The molecule has 6 nitrogen and oxygen atoms in total. The van der Waals surface area contributed by atoms with E-state index in [1.807, 2.05) is 24.3 Å². The predicted molar refractivity (Wildman–Crippen MR) is 80.6 cm³/mol. The molecule has 7 heteroatoms. The smallest absolute Gasteiger partial charge is 0.281 e. The van der Waals surface area contributed by atoms with E-state index < -0.39 is 0 Å². The number of hydrogen-bond acceptors (Lipinski definition) is 6. The lowest BCUT2D eigenvalue weighted by atomic mass is 10.0. The third-order valence-electron chi connectivity index (χ3n) is 4.34. The van der Waals surface area contributed by atoms with Crippen molar-refractivity contribution in [2.45, 2.75) is 35.0 Å². The number of benzene rings is 1. The van der Waals surface area contributed by atoms with Gasteiger partial charge in [-0.15, -0.1) is 10.2 Å². The SMILES string of the molecule is O=C(NC1CC2CC1CN2)c1ccc(Sc2nnco2)cc1. The normalized spacial score (nSPS) is 26.3. The summed E-state index contributed by atoms with van der Waals surface area (Å²) in [5.41, 5.74) is 0.686. The van der Waals surface area contributed by atoms with Gasteiger partial charge in [-0.25, -0.2) is 0 Å². The minimum Gasteiger partial charge on any atom is -0.419 e. The first-order valence-electron chi connectivity index (χ1n) is 7.36. The number of aromatic nitrogens is 2. The lowest BCUT2D eigenvalue weighted by Gasteiger charge is -2.23. The number of rotatable bonds is 4. The molecule has 3 unspecified atom stereocenters. The Labute approximate surface area is 132 Å². The molecule has 2 fully saturated rings. The number of carbonyl (C=O) groups is 1. The number of hydrogen-bond donors (Lipinski definition) is 2. The maximum atomic E-state index is 12.3. The molecule has 1 saturated carbocycles. The molecule has 2 heterocycles. The first-order valence-corrected chi connectivity index (χ1v) is 8.18. The van der Waals surface area contributed by atoms with Gasteiger partial charge in [0.2, 0.25) is 6.39 Å². The van der Waals surface area contributed by atoms with Crippen LogP contribution in [0.1, 0.15) is 23.2 Å². The minimum absolute atomic E-state index is 0.00638. The van der Waals surface area contributed by atoms with E-state index in [0.717, 1.165) is 17.9 Å². The van der Waals surface area contributed by atoms with Crippen molar-refractivity contribution >= 4 is 17.7 Å². The molecule has 4 rings (SSSR count). The third-order valence-corrected chi connectivity index (χ3v) is 5.20. The van der Waals surface area contributed by atoms with Crippen LogP contribution in [-0.4, -0.2) is 34.7 Å². The fourth-order valence-corrected chi connectivity index (χ4v) is 3.90. The van der Waals surface area contributed by atoms with E-state index in [2.05, 4.69) is 20.8 Å². The van der Waals surface area contributed by atoms with Crippen LogP contribution >= 0.6 is 11.8 Å². The van der Waals surface area contributed by atoms with Crippen molar-refractivity contribution in [2.75, 3.05) is 6.54 Å². The van der Waals surface area contributed by atoms with Crippen molar-refractivity contribution in [2.24, 2.45) is 5.92 Å². The molecule has 1 amide bonds. The van der Waals surface area contributed by atoms with Gasteiger partial charge in [0.25, 0.3) is 11.1 Å². The molecule has 1 aromatic carbocycles. The van der Waals surface area contributed by atoms with Crippen LogP contribution in [0.25, 0.3) is 0 Å². The summed E-state index contributed by atoms with van der Waals surface area (Å²) in [6.07, 6.45) is 3.53. The summed E-state index contributed by atoms with van der Waals surface area (Å²) in [5, 5.41) is 14.6. The minimum atomic E-state index is 0.00638. The van der Waals surface area contributed by atoms with Crippen LogP contribution in [0.2, 0.25) is 0 Å². The van der Waals surface area contributed by atoms with Crippen molar-refractivity contribution in [3.63, 3.8) is 0 Å². The van der Waals surface area contributed by atoms with Gasteiger partial charge in [0, 0.05) is 29.1 Å². The Morgan fingerprint density at radius 3 is 2.82 bits per heavy atom. The van der Waals surface area contributed by atoms with Crippen molar-refractivity contribution in [1.82, 2.24) is 20.8 Å². The Bertz CT molecular complexity index is 659. The Kier molecular flexibility index (Phi) is 3.59. The van der Waals surface area contributed by atoms with Gasteiger partial charge in [-0.1, -0.05) is 0 Å². The van der Waals surface area contributed by atoms with E-state index >= 15 is 0 Å². The van der Waals surface area contributed by atoms with Gasteiger partial charge in [-0.3, -0.25) is 4.79 Å². The highest BCUT2D eigenvalue weighted by atomic mass is 32.2. The highest BCUT2D eigenvalue weighted by molar-refractivity contribution is 7.99. The summed E-state index contributed by atoms with van der Waals surface area (Å²) in [7, 11) is 0. The molecule has 2 N–H and O–H groups in total. The first-order chi connectivity index (χ1) is 10.8. The van der Waals surface area contributed by atoms with Gasteiger partial charge in [-0.05, 0) is 54.8 Å². The van der Waals surface area contributed by atoms with Crippen LogP contribution in [-0.2, 0) is 0 Å². The second-order valence-electron chi connectivity index (χ2n) is 5.75. The molecular weight excluding hydrogens is 300 g/mol. The zero-order chi connectivity index (χ0) is 14.9. The Hall–Kier alpha value is -1.86. The largest absolute Gasteiger partial charge is 0.419 e. The topological polar surface area (TPSA) is 80.0 Å². The second kappa shape index (κ2) is 5.73. The summed E-state index contributed by atoms with van der Waals surface area (Å²) in [6.45, 7) is 1.02. The highest BCUT2D eigenvalue weighted by Gasteiger charge is 2.39. The fourth-order valence-electron chi connectivity index (χ4n) is 3.25. The van der Waals surface area contributed by atoms with Gasteiger partial charge < -0.3 is 15.1 Å². The molecule has 114 valence electrons. The Morgan fingerprint density at radius 2 is 2.18 bits per heavy atom. The van der Waals surface area contributed by atoms with Crippen molar-refractivity contribution in [3.05, 3.63) is 36.2 Å². The average molecular weight is 316 g/mol. The summed E-state index contributed by atoms with van der Waals surface area (Å²) in [4.78, 5) is 13.3. The lowest BCUT2D eigenvalue weighted by Crippen LogP contribution is -2.44. The van der Waals surface area contributed by atoms with Crippen LogP contribution in [0, 0.1) is 5.92 Å². The summed E-state index contributed by atoms with van der Waals surface area (Å²) in [5.74, 6) is 0.591. The summed E-state index contributed by atoms with van der Waals surface area (Å²) in [6, 6.07) is 8.35. The fraction of sp³-hybridized carbons (Fsp3) is 0.400. The first kappa shape index (κ1) is 13.8. The summed E-state index contributed by atoms with van der Waals surface area (Å²) < 4.78 is 5.09. The van der Waals surface area contributed by atoms with Gasteiger partial charge in [-0.2, -0.15) is 0 Å². The molecule has 3 atom stereocenters. The molecule has 1 saturated heterocycles. The van der Waals surface area contributed by atoms with Crippen molar-refractivity contribution in [1.29, 1.82) is 0 Å². The number of nitrogens with one attached hydrogen (secondary N) is 2. The van der Waals surface area contributed by atoms with E-state index in [0.29, 0.717) is 28.8 Å². The molecule has 1 aliphatic heterocycles. The molecule has 22 heavy (non-hydrogen) atoms. The molecule has 0 radical (unpaired) electrons. The van der Waals surface area contributed by atoms with Crippen LogP contribution < -0.4 is 10.6 Å². The molecule has 0 spiro atoms. The molecular formula is C15H16N4O2S. The molecule has 1 aromatic heterocycles. The van der Waals surface area contributed by atoms with Crippen LogP contribution in [0.5, 0.6) is 0 Å². The van der Waals surface area contributed by atoms with E-state index in [4.69, 9.17) is 4.42 Å². The van der Waals surface area contributed by atoms with E-state index in [9.17, 15) is 4.79 Å². The Balaban J connectivity index is 1.38. The standard InChI is InChI=1S/C15H16N4O2S/c20-14(18-13-6-11-5-10(13)7-16-11)9-1-3-12(4-2-9)22-15-19-17-8-21-15/h1-4,8,10-11,13,16H,5-7H2,(H,18,20). The maximum absolute atomic E-state index is 12.3. The van der Waals surface area contributed by atoms with Crippen molar-refractivity contribution in [3.8, 4) is 0 Å². The maximum Gasteiger partial charge on any atom is 0.281 e. The zero-order valence-corrected chi connectivity index (χ0v) is 12.7. The number of piperidine rings is 1. The number of carbonyl (C=O) groups excluding carboxylic acids is 1. The Morgan fingerprint density at radius 1 is 1.32 bits per heavy atom. The number of amides is 1. The number of fused-ring (bicyclic) bond motifs is 2. The zero-order valence-electron chi connectivity index (χ0n) is 11.9. The van der Waals surface area contributed by atoms with E-state index in [1.54, 1.807) is 0 Å². The quantitative estimate of drug-likeness (QED) is 0.894. The van der Waals surface area contributed by atoms with Crippen molar-refractivity contribution < 1.29 is 9.21 Å². The highest BCUT2D eigenvalue weighted by Crippen LogP contribution is 2.31. The van der Waals surface area contributed by atoms with Gasteiger partial charge >= 0.3 is 0 Å². The van der Waals surface area contributed by atoms with E-state index in [-0.39, 0.29) is 5.91 Å².